The minimum atomic E-state index is 1.09. The number of rotatable bonds is 7. The van der Waals surface area contributed by atoms with E-state index in [1.54, 1.807) is 0 Å². The number of anilines is 3. The van der Waals surface area contributed by atoms with Gasteiger partial charge >= 0.3 is 0 Å². The first-order valence-corrected chi connectivity index (χ1v) is 23.5. The largest absolute Gasteiger partial charge is 0.310 e. The fourth-order valence-corrected chi connectivity index (χ4v) is 11.4. The summed E-state index contributed by atoms with van der Waals surface area (Å²) < 4.78 is 2.59. The number of fused-ring (bicyclic) bond motifs is 8. The number of hydrogen-bond acceptors (Lipinski definition) is 2. The van der Waals surface area contributed by atoms with Crippen molar-refractivity contribution in [1.29, 1.82) is 0 Å². The summed E-state index contributed by atoms with van der Waals surface area (Å²) in [5, 5.41) is 12.5. The zero-order chi connectivity index (χ0) is 43.6. The van der Waals surface area contributed by atoms with Gasteiger partial charge in [-0.25, -0.2) is 0 Å². The molecule has 0 aliphatic heterocycles. The topological polar surface area (TPSA) is 3.24 Å². The maximum absolute atomic E-state index is 2.44. The fourth-order valence-electron chi connectivity index (χ4n) is 10.3. The van der Waals surface area contributed by atoms with E-state index in [1.807, 2.05) is 11.3 Å². The second-order valence-corrected chi connectivity index (χ2v) is 18.3. The standard InChI is InChI=1S/C64H41NS/c1-2-15-43(16-3-1)52-35-36-53(56-22-9-8-21-55(52)56)44-28-30-48(31-29-44)65(50-33-37-64-62(41-50)59-24-12-13-25-63(59)66-64)49-32-34-58(60(40-49)47-27-26-42-14-4-5-17-45(42)38-47)61-39-46-18-6-7-19-51(46)54-20-10-11-23-57(54)61/h1-41H. The van der Waals surface area contributed by atoms with Gasteiger partial charge in [0.05, 0.1) is 0 Å². The molecule has 0 atom stereocenters. The minimum Gasteiger partial charge on any atom is -0.310 e. The SMILES string of the molecule is c1ccc(-c2ccc(-c3ccc(N(c4ccc(-c5cc6ccccc6c6ccccc56)c(-c5ccc6ccccc6c5)c4)c4ccc5sc6ccccc6c5c4)cc3)c3ccccc23)cc1. The van der Waals surface area contributed by atoms with Crippen molar-refractivity contribution in [2.75, 3.05) is 4.90 Å². The van der Waals surface area contributed by atoms with Crippen LogP contribution in [0.15, 0.2) is 249 Å². The highest BCUT2D eigenvalue weighted by molar-refractivity contribution is 7.25. The van der Waals surface area contributed by atoms with Crippen LogP contribution in [0.3, 0.4) is 0 Å². The van der Waals surface area contributed by atoms with Crippen molar-refractivity contribution in [3.63, 3.8) is 0 Å². The van der Waals surface area contributed by atoms with Crippen LogP contribution in [0.2, 0.25) is 0 Å². The molecule has 1 nitrogen and oxygen atoms in total. The third-order valence-corrected chi connectivity index (χ3v) is 14.6. The average molecular weight is 856 g/mol. The monoisotopic (exact) mass is 855 g/mol. The Morgan fingerprint density at radius 3 is 1.50 bits per heavy atom. The van der Waals surface area contributed by atoms with Gasteiger partial charge in [-0.2, -0.15) is 0 Å². The molecule has 12 aromatic carbocycles. The van der Waals surface area contributed by atoms with E-state index in [2.05, 4.69) is 254 Å². The molecule has 0 saturated carbocycles. The molecule has 0 saturated heterocycles. The van der Waals surface area contributed by atoms with Crippen molar-refractivity contribution in [3.05, 3.63) is 249 Å². The first-order valence-electron chi connectivity index (χ1n) is 22.7. The van der Waals surface area contributed by atoms with E-state index in [0.717, 1.165) is 17.1 Å². The Hall–Kier alpha value is -8.30. The molecule has 0 radical (unpaired) electrons. The van der Waals surface area contributed by atoms with Crippen molar-refractivity contribution in [2.45, 2.75) is 0 Å². The van der Waals surface area contributed by atoms with E-state index in [4.69, 9.17) is 0 Å². The van der Waals surface area contributed by atoms with Crippen molar-refractivity contribution in [1.82, 2.24) is 0 Å². The summed E-state index contributed by atoms with van der Waals surface area (Å²) in [6.07, 6.45) is 0. The highest BCUT2D eigenvalue weighted by Gasteiger charge is 2.20. The lowest BCUT2D eigenvalue weighted by atomic mass is 9.88. The van der Waals surface area contributed by atoms with Crippen LogP contribution in [0.25, 0.3) is 108 Å². The Balaban J connectivity index is 1.02. The Bertz CT molecular complexity index is 3990. The first kappa shape index (κ1) is 38.2. The van der Waals surface area contributed by atoms with Gasteiger partial charge in [0.25, 0.3) is 0 Å². The molecule has 1 aromatic heterocycles. The van der Waals surface area contributed by atoms with Crippen molar-refractivity contribution in [2.24, 2.45) is 0 Å². The van der Waals surface area contributed by atoms with E-state index < -0.39 is 0 Å². The molecule has 308 valence electrons. The minimum absolute atomic E-state index is 1.09. The molecule has 0 bridgehead atoms. The molecule has 66 heavy (non-hydrogen) atoms. The molecule has 0 unspecified atom stereocenters. The maximum Gasteiger partial charge on any atom is 0.0468 e. The molecule has 0 spiro atoms. The molecule has 1 heterocycles. The van der Waals surface area contributed by atoms with Crippen LogP contribution in [0.4, 0.5) is 17.1 Å². The first-order chi connectivity index (χ1) is 32.7. The number of thiophene rings is 1. The lowest BCUT2D eigenvalue weighted by Gasteiger charge is -2.27. The number of benzene rings is 12. The summed E-state index contributed by atoms with van der Waals surface area (Å²) in [7, 11) is 0. The number of nitrogens with zero attached hydrogens (tertiary/aromatic N) is 1. The van der Waals surface area contributed by atoms with Gasteiger partial charge in [-0.3, -0.25) is 0 Å². The summed E-state index contributed by atoms with van der Waals surface area (Å²) >= 11 is 1.86. The van der Waals surface area contributed by atoms with E-state index >= 15 is 0 Å². The number of hydrogen-bond donors (Lipinski definition) is 0. The summed E-state index contributed by atoms with van der Waals surface area (Å²) in [4.78, 5) is 2.44. The van der Waals surface area contributed by atoms with Crippen LogP contribution in [0.1, 0.15) is 0 Å². The van der Waals surface area contributed by atoms with Gasteiger partial charge in [-0.1, -0.05) is 188 Å². The van der Waals surface area contributed by atoms with Gasteiger partial charge in [0, 0.05) is 37.2 Å². The highest BCUT2D eigenvalue weighted by atomic mass is 32.1. The third kappa shape index (κ3) is 6.45. The second kappa shape index (κ2) is 15.7. The Morgan fingerprint density at radius 1 is 0.227 bits per heavy atom. The summed E-state index contributed by atoms with van der Waals surface area (Å²) in [5.41, 5.74) is 13.0. The molecule has 0 aliphatic carbocycles. The molecule has 0 fully saturated rings. The zero-order valence-corrected chi connectivity index (χ0v) is 36.8. The molecule has 13 rings (SSSR count). The Morgan fingerprint density at radius 2 is 0.742 bits per heavy atom. The van der Waals surface area contributed by atoms with Gasteiger partial charge in [0.15, 0.2) is 0 Å². The van der Waals surface area contributed by atoms with E-state index in [9.17, 15) is 0 Å². The van der Waals surface area contributed by atoms with Gasteiger partial charge in [0.1, 0.15) is 0 Å². The smallest absolute Gasteiger partial charge is 0.0468 e. The van der Waals surface area contributed by atoms with Crippen LogP contribution in [-0.2, 0) is 0 Å². The lowest BCUT2D eigenvalue weighted by molar-refractivity contribution is 1.29. The van der Waals surface area contributed by atoms with Gasteiger partial charge < -0.3 is 4.90 Å². The predicted octanol–water partition coefficient (Wildman–Crippen LogP) is 18.8. The molecule has 0 N–H and O–H groups in total. The third-order valence-electron chi connectivity index (χ3n) is 13.4. The molecule has 0 amide bonds. The van der Waals surface area contributed by atoms with Gasteiger partial charge in [-0.15, -0.1) is 11.3 Å². The summed E-state index contributed by atoms with van der Waals surface area (Å²) in [6.45, 7) is 0. The molecule has 2 heteroatoms. The van der Waals surface area contributed by atoms with Crippen LogP contribution in [-0.4, -0.2) is 0 Å². The Labute approximate surface area is 387 Å². The van der Waals surface area contributed by atoms with Crippen molar-refractivity contribution >= 4 is 91.7 Å². The predicted molar refractivity (Wildman–Crippen MR) is 286 cm³/mol. The normalized spacial score (nSPS) is 11.6. The molecule has 13 aromatic rings. The van der Waals surface area contributed by atoms with Crippen molar-refractivity contribution < 1.29 is 0 Å². The molecule has 0 aliphatic rings. The Kier molecular flexibility index (Phi) is 9.11. The quantitative estimate of drug-likeness (QED) is 0.144. The van der Waals surface area contributed by atoms with Gasteiger partial charge in [0.2, 0.25) is 0 Å². The van der Waals surface area contributed by atoms with E-state index in [1.165, 1.54) is 108 Å². The van der Waals surface area contributed by atoms with Gasteiger partial charge in [-0.05, 0) is 148 Å². The maximum atomic E-state index is 2.44. The zero-order valence-electron chi connectivity index (χ0n) is 36.0. The fraction of sp³-hybridized carbons (Fsp3) is 0. The van der Waals surface area contributed by atoms with Crippen molar-refractivity contribution in [3.8, 4) is 44.5 Å². The lowest BCUT2D eigenvalue weighted by Crippen LogP contribution is -2.10. The van der Waals surface area contributed by atoms with Crippen LogP contribution in [0.5, 0.6) is 0 Å². The van der Waals surface area contributed by atoms with Crippen LogP contribution < -0.4 is 4.90 Å². The van der Waals surface area contributed by atoms with Crippen LogP contribution >= 0.6 is 11.3 Å². The van der Waals surface area contributed by atoms with Crippen LogP contribution in [0, 0.1) is 0 Å². The van der Waals surface area contributed by atoms with E-state index in [0.29, 0.717) is 0 Å². The average Bonchev–Trinajstić information content (AvgIpc) is 3.77. The molecular formula is C64H41NS. The second-order valence-electron chi connectivity index (χ2n) is 17.2. The van der Waals surface area contributed by atoms with E-state index in [-0.39, 0.29) is 0 Å². The summed E-state index contributed by atoms with van der Waals surface area (Å²) in [6, 6.07) is 91.8. The summed E-state index contributed by atoms with van der Waals surface area (Å²) in [5.74, 6) is 0. The highest BCUT2D eigenvalue weighted by Crippen LogP contribution is 2.46. The molecular weight excluding hydrogens is 815 g/mol.